The molecule has 228 valence electrons. The quantitative estimate of drug-likeness (QED) is 0.392. The number of phenols is 2. The van der Waals surface area contributed by atoms with Gasteiger partial charge in [0.15, 0.2) is 41.1 Å². The first-order valence-electron chi connectivity index (χ1n) is 14.1. The Bertz CT molecular complexity index is 1960. The molecule has 0 bridgehead atoms. The summed E-state index contributed by atoms with van der Waals surface area (Å²) in [6, 6.07) is 4.88. The van der Waals surface area contributed by atoms with Gasteiger partial charge in [0.05, 0.1) is 46.8 Å². The van der Waals surface area contributed by atoms with Crippen LogP contribution in [-0.2, 0) is 28.5 Å². The maximum absolute atomic E-state index is 13.8. The number of ether oxygens (including phenoxy) is 4. The van der Waals surface area contributed by atoms with E-state index in [2.05, 4.69) is 0 Å². The third kappa shape index (κ3) is 3.59. The molecule has 8 rings (SSSR count). The molecule has 0 radical (unpaired) electrons. The standard InChI is InChI=1S/C32H22O13/c1-9-20-23(30-16(42-9)7-18(35)43-30)28(39)21-12(26(20)37)3-10(5-14(21)33)11-4-13-22(15(34)6-11)29(40)24-25(27(13)38)32(2,41)45-17-8-19(36)44-31(17)24/h3-6,9,16-17,30-31,33-34,41H,7-8H2,1-2H3. The summed E-state index contributed by atoms with van der Waals surface area (Å²) in [6.07, 6.45) is -5.26. The van der Waals surface area contributed by atoms with Crippen LogP contribution in [-0.4, -0.2) is 86.7 Å². The number of carbonyl (C=O) groups is 6. The lowest BCUT2D eigenvalue weighted by Gasteiger charge is -2.40. The molecule has 2 saturated heterocycles. The second kappa shape index (κ2) is 8.81. The molecule has 0 saturated carbocycles. The Morgan fingerprint density at radius 3 is 1.80 bits per heavy atom. The van der Waals surface area contributed by atoms with Crippen molar-refractivity contribution < 1.29 is 63.0 Å². The molecular formula is C32H22O13. The fraction of sp³-hybridized carbons (Fsp3) is 0.312. The molecule has 6 unspecified atom stereocenters. The third-order valence-electron chi connectivity index (χ3n) is 9.16. The highest BCUT2D eigenvalue weighted by atomic mass is 16.7. The molecule has 2 aromatic carbocycles. The summed E-state index contributed by atoms with van der Waals surface area (Å²) in [7, 11) is 0. The number of phenolic OH excluding ortho intramolecular Hbond substituents is 2. The Balaban J connectivity index is 1.24. The second-order valence-electron chi connectivity index (χ2n) is 12.0. The first-order chi connectivity index (χ1) is 21.3. The number of rotatable bonds is 1. The van der Waals surface area contributed by atoms with E-state index in [0.717, 1.165) is 6.07 Å². The third-order valence-corrected chi connectivity index (χ3v) is 9.16. The van der Waals surface area contributed by atoms with E-state index in [-0.39, 0.29) is 62.9 Å². The van der Waals surface area contributed by atoms with Gasteiger partial charge in [0, 0.05) is 16.7 Å². The molecule has 6 atom stereocenters. The number of ketones is 4. The van der Waals surface area contributed by atoms with Crippen LogP contribution in [0, 0.1) is 0 Å². The first kappa shape index (κ1) is 27.6. The Hall–Kier alpha value is -4.98. The summed E-state index contributed by atoms with van der Waals surface area (Å²) >= 11 is 0. The number of aliphatic hydroxyl groups is 1. The van der Waals surface area contributed by atoms with Gasteiger partial charge in [-0.2, -0.15) is 0 Å². The van der Waals surface area contributed by atoms with Crippen molar-refractivity contribution in [3.63, 3.8) is 0 Å². The van der Waals surface area contributed by atoms with Gasteiger partial charge in [-0.25, -0.2) is 0 Å². The summed E-state index contributed by atoms with van der Waals surface area (Å²) in [5.74, 6) is -7.72. The Kier molecular flexibility index (Phi) is 5.39. The predicted molar refractivity (Wildman–Crippen MR) is 145 cm³/mol. The Labute approximate surface area is 252 Å². The summed E-state index contributed by atoms with van der Waals surface area (Å²) in [5, 5.41) is 33.2. The fourth-order valence-electron chi connectivity index (χ4n) is 7.34. The molecule has 0 amide bonds. The minimum Gasteiger partial charge on any atom is -0.507 e. The molecule has 13 heteroatoms. The molecule has 2 fully saturated rings. The van der Waals surface area contributed by atoms with E-state index >= 15 is 0 Å². The summed E-state index contributed by atoms with van der Waals surface area (Å²) in [5.41, 5.74) is -1.69. The van der Waals surface area contributed by atoms with Crippen molar-refractivity contribution in [1.29, 1.82) is 0 Å². The van der Waals surface area contributed by atoms with Gasteiger partial charge in [-0.3, -0.25) is 28.8 Å². The number of carbonyl (C=O) groups excluding carboxylic acids is 6. The van der Waals surface area contributed by atoms with Crippen LogP contribution in [0.2, 0.25) is 0 Å². The van der Waals surface area contributed by atoms with E-state index < -0.39 is 88.5 Å². The van der Waals surface area contributed by atoms with Crippen LogP contribution in [0.25, 0.3) is 11.1 Å². The lowest BCUT2D eigenvalue weighted by Crippen LogP contribution is -2.51. The van der Waals surface area contributed by atoms with E-state index in [4.69, 9.17) is 18.9 Å². The second-order valence-corrected chi connectivity index (χ2v) is 12.0. The van der Waals surface area contributed by atoms with Crippen LogP contribution in [0.1, 0.15) is 68.1 Å². The molecule has 0 aromatic heterocycles. The highest BCUT2D eigenvalue weighted by molar-refractivity contribution is 6.30. The summed E-state index contributed by atoms with van der Waals surface area (Å²) in [6.45, 7) is 2.74. The number of fused-ring (bicyclic) bond motifs is 6. The first-order valence-corrected chi connectivity index (χ1v) is 14.1. The summed E-state index contributed by atoms with van der Waals surface area (Å²) < 4.78 is 21.9. The highest BCUT2D eigenvalue weighted by Gasteiger charge is 2.56. The molecule has 6 aliphatic rings. The average Bonchev–Trinajstić information content (AvgIpc) is 3.51. The Morgan fingerprint density at radius 1 is 0.689 bits per heavy atom. The van der Waals surface area contributed by atoms with Gasteiger partial charge < -0.3 is 34.3 Å². The minimum absolute atomic E-state index is 0.000948. The van der Waals surface area contributed by atoms with E-state index in [1.807, 2.05) is 0 Å². The molecule has 4 heterocycles. The van der Waals surface area contributed by atoms with E-state index in [1.165, 1.54) is 25.1 Å². The average molecular weight is 615 g/mol. The zero-order valence-corrected chi connectivity index (χ0v) is 23.5. The molecule has 4 aliphatic heterocycles. The smallest absolute Gasteiger partial charge is 0.309 e. The minimum atomic E-state index is -2.26. The monoisotopic (exact) mass is 614 g/mol. The SMILES string of the molecule is CC1OC2CC(=O)OC2C2=C1C(=O)c1cc(-c3cc(O)c4c(c3)C(=O)C3=C(C4=O)C4OC(=O)CC4OC3(C)O)cc(O)c1C2=O. The van der Waals surface area contributed by atoms with Gasteiger partial charge in [0.25, 0.3) is 0 Å². The number of hydrogen-bond donors (Lipinski definition) is 3. The van der Waals surface area contributed by atoms with Crippen molar-refractivity contribution in [2.24, 2.45) is 0 Å². The van der Waals surface area contributed by atoms with Gasteiger partial charge in [-0.05, 0) is 49.2 Å². The van der Waals surface area contributed by atoms with E-state index in [9.17, 15) is 44.1 Å². The molecule has 45 heavy (non-hydrogen) atoms. The maximum Gasteiger partial charge on any atom is 0.309 e. The molecule has 0 spiro atoms. The van der Waals surface area contributed by atoms with Gasteiger partial charge >= 0.3 is 11.9 Å². The fourth-order valence-corrected chi connectivity index (χ4v) is 7.34. The predicted octanol–water partition coefficient (Wildman–Crippen LogP) is 1.64. The van der Waals surface area contributed by atoms with Crippen LogP contribution in [0.5, 0.6) is 11.5 Å². The van der Waals surface area contributed by atoms with E-state index in [0.29, 0.717) is 0 Å². The lowest BCUT2D eigenvalue weighted by atomic mass is 9.74. The number of Topliss-reactive ketones (excluding diaryl/α,β-unsaturated/α-hetero) is 4. The summed E-state index contributed by atoms with van der Waals surface area (Å²) in [4.78, 5) is 78.9. The normalized spacial score (nSPS) is 31.6. The molecule has 2 aromatic rings. The van der Waals surface area contributed by atoms with Gasteiger partial charge in [0.2, 0.25) is 0 Å². The molecular weight excluding hydrogens is 592 g/mol. The van der Waals surface area contributed by atoms with Crippen LogP contribution in [0.3, 0.4) is 0 Å². The zero-order chi connectivity index (χ0) is 31.9. The van der Waals surface area contributed by atoms with Crippen molar-refractivity contribution in [1.82, 2.24) is 0 Å². The zero-order valence-electron chi connectivity index (χ0n) is 23.5. The van der Waals surface area contributed by atoms with Crippen LogP contribution in [0.15, 0.2) is 46.6 Å². The molecule has 13 nitrogen and oxygen atoms in total. The largest absolute Gasteiger partial charge is 0.507 e. The number of benzene rings is 2. The van der Waals surface area contributed by atoms with Crippen molar-refractivity contribution >= 4 is 35.1 Å². The van der Waals surface area contributed by atoms with Crippen molar-refractivity contribution in [2.45, 2.75) is 63.0 Å². The number of esters is 2. The number of aromatic hydroxyl groups is 2. The van der Waals surface area contributed by atoms with Crippen molar-refractivity contribution in [3.05, 3.63) is 68.8 Å². The lowest BCUT2D eigenvalue weighted by molar-refractivity contribution is -0.206. The van der Waals surface area contributed by atoms with Gasteiger partial charge in [0.1, 0.15) is 23.7 Å². The molecule has 2 aliphatic carbocycles. The topological polar surface area (TPSA) is 200 Å². The van der Waals surface area contributed by atoms with Crippen LogP contribution < -0.4 is 0 Å². The highest BCUT2D eigenvalue weighted by Crippen LogP contribution is 2.48. The van der Waals surface area contributed by atoms with Crippen LogP contribution in [0.4, 0.5) is 0 Å². The number of hydrogen-bond acceptors (Lipinski definition) is 13. The van der Waals surface area contributed by atoms with Crippen molar-refractivity contribution in [2.75, 3.05) is 0 Å². The Morgan fingerprint density at radius 2 is 1.20 bits per heavy atom. The van der Waals surface area contributed by atoms with Gasteiger partial charge in [-0.1, -0.05) is 0 Å². The van der Waals surface area contributed by atoms with Crippen LogP contribution >= 0.6 is 0 Å². The van der Waals surface area contributed by atoms with E-state index in [1.54, 1.807) is 6.92 Å². The maximum atomic E-state index is 13.8. The van der Waals surface area contributed by atoms with Crippen molar-refractivity contribution in [3.8, 4) is 22.6 Å². The van der Waals surface area contributed by atoms with Gasteiger partial charge in [-0.15, -0.1) is 0 Å². The molecule has 3 N–H and O–H groups in total.